The first-order valence-electron chi connectivity index (χ1n) is 10.4. The van der Waals surface area contributed by atoms with Crippen LogP contribution in [0.25, 0.3) is 0 Å². The first kappa shape index (κ1) is 25.4. The Kier molecular flexibility index (Phi) is 11.5. The highest BCUT2D eigenvalue weighted by molar-refractivity contribution is 5.72. The number of esters is 1. The zero-order chi connectivity index (χ0) is 22.4. The summed E-state index contributed by atoms with van der Waals surface area (Å²) in [6, 6.07) is 8.17. The minimum absolute atomic E-state index is 0.0772. The van der Waals surface area contributed by atoms with Crippen LogP contribution in [0.3, 0.4) is 0 Å². The maximum Gasteiger partial charge on any atom is 0.407 e. The number of hydrogen-bond donors (Lipinski definition) is 2. The van der Waals surface area contributed by atoms with Gasteiger partial charge in [0.1, 0.15) is 12.2 Å². The van der Waals surface area contributed by atoms with Gasteiger partial charge in [0.25, 0.3) is 0 Å². The van der Waals surface area contributed by atoms with E-state index in [2.05, 4.69) is 35.4 Å². The van der Waals surface area contributed by atoms with Gasteiger partial charge in [-0.2, -0.15) is 0 Å². The number of rotatable bonds is 12. The normalized spacial score (nSPS) is 12.4. The minimum atomic E-state index is -0.505. The van der Waals surface area contributed by atoms with E-state index in [4.69, 9.17) is 9.47 Å². The molecular weight excluding hydrogens is 380 g/mol. The van der Waals surface area contributed by atoms with Gasteiger partial charge in [-0.3, -0.25) is 4.79 Å². The van der Waals surface area contributed by atoms with Gasteiger partial charge in [-0.25, -0.2) is 4.79 Å². The average molecular weight is 417 g/mol. The topological polar surface area (TPSA) is 76.7 Å². The van der Waals surface area contributed by atoms with Gasteiger partial charge in [0.15, 0.2) is 0 Å². The molecule has 0 saturated heterocycles. The number of ether oxygens (including phenoxy) is 2. The third-order valence-electron chi connectivity index (χ3n) is 4.19. The van der Waals surface area contributed by atoms with E-state index in [1.54, 1.807) is 0 Å². The van der Waals surface area contributed by atoms with Gasteiger partial charge >= 0.3 is 12.1 Å². The van der Waals surface area contributed by atoms with Crippen molar-refractivity contribution in [2.75, 3.05) is 26.2 Å². The molecule has 1 aromatic rings. The Balaban J connectivity index is 2.44. The second-order valence-electron chi connectivity index (χ2n) is 7.98. The maximum absolute atomic E-state index is 12.1. The largest absolute Gasteiger partial charge is 0.459 e. The van der Waals surface area contributed by atoms with Gasteiger partial charge in [-0.05, 0) is 51.7 Å². The molecule has 0 aliphatic rings. The van der Waals surface area contributed by atoms with Crippen LogP contribution in [0.4, 0.5) is 4.79 Å². The predicted octanol–water partition coefficient (Wildman–Crippen LogP) is 4.12. The molecule has 1 rings (SSSR count). The quantitative estimate of drug-likeness (QED) is 0.304. The zero-order valence-corrected chi connectivity index (χ0v) is 18.7. The molecule has 1 aromatic carbocycles. The van der Waals surface area contributed by atoms with Gasteiger partial charge in [0.2, 0.25) is 0 Å². The lowest BCUT2D eigenvalue weighted by Crippen LogP contribution is -2.36. The van der Waals surface area contributed by atoms with Crippen LogP contribution in [0, 0.1) is 0 Å². The van der Waals surface area contributed by atoms with Crippen LogP contribution >= 0.6 is 0 Å². The van der Waals surface area contributed by atoms with E-state index in [1.807, 2.05) is 52.0 Å². The van der Waals surface area contributed by atoms with Crippen molar-refractivity contribution in [2.24, 2.45) is 0 Å². The molecule has 6 heteroatoms. The van der Waals surface area contributed by atoms with Gasteiger partial charge < -0.3 is 20.1 Å². The SMILES string of the molecule is C=CCc1ccccc1C(C/C=C\C)COC(=O)NCCNCC(=O)OC(C)(C)C. The van der Waals surface area contributed by atoms with E-state index in [1.165, 1.54) is 11.1 Å². The van der Waals surface area contributed by atoms with Crippen molar-refractivity contribution >= 4 is 12.1 Å². The maximum atomic E-state index is 12.1. The molecule has 1 amide bonds. The van der Waals surface area contributed by atoms with Crippen molar-refractivity contribution in [3.63, 3.8) is 0 Å². The lowest BCUT2D eigenvalue weighted by molar-refractivity contribution is -0.153. The highest BCUT2D eigenvalue weighted by Gasteiger charge is 2.17. The summed E-state index contributed by atoms with van der Waals surface area (Å²) in [5.74, 6) is -0.247. The fourth-order valence-electron chi connectivity index (χ4n) is 2.91. The van der Waals surface area contributed by atoms with Crippen LogP contribution in [0.2, 0.25) is 0 Å². The summed E-state index contributed by atoms with van der Waals surface area (Å²) < 4.78 is 10.7. The Labute approximate surface area is 180 Å². The fraction of sp³-hybridized carbons (Fsp3) is 0.500. The molecule has 30 heavy (non-hydrogen) atoms. The highest BCUT2D eigenvalue weighted by atomic mass is 16.6. The Morgan fingerprint density at radius 2 is 1.93 bits per heavy atom. The fourth-order valence-corrected chi connectivity index (χ4v) is 2.91. The van der Waals surface area contributed by atoms with Crippen molar-refractivity contribution in [1.82, 2.24) is 10.6 Å². The lowest BCUT2D eigenvalue weighted by Gasteiger charge is -2.20. The molecule has 0 radical (unpaired) electrons. The van der Waals surface area contributed by atoms with Crippen LogP contribution < -0.4 is 10.6 Å². The molecule has 0 aliphatic heterocycles. The Hall–Kier alpha value is -2.60. The lowest BCUT2D eigenvalue weighted by atomic mass is 9.90. The number of carbonyl (C=O) groups is 2. The molecule has 0 fully saturated rings. The first-order chi connectivity index (χ1) is 14.3. The minimum Gasteiger partial charge on any atom is -0.459 e. The van der Waals surface area contributed by atoms with E-state index < -0.39 is 11.7 Å². The summed E-state index contributed by atoms with van der Waals surface area (Å²) in [7, 11) is 0. The van der Waals surface area contributed by atoms with Crippen LogP contribution in [0.5, 0.6) is 0 Å². The van der Waals surface area contributed by atoms with Crippen molar-refractivity contribution in [3.8, 4) is 0 Å². The van der Waals surface area contributed by atoms with Crippen molar-refractivity contribution in [3.05, 3.63) is 60.2 Å². The number of benzene rings is 1. The monoisotopic (exact) mass is 416 g/mol. The number of carbonyl (C=O) groups excluding carboxylic acids is 2. The molecule has 166 valence electrons. The Morgan fingerprint density at radius 1 is 1.20 bits per heavy atom. The van der Waals surface area contributed by atoms with Crippen LogP contribution in [-0.2, 0) is 20.7 Å². The molecule has 0 heterocycles. The van der Waals surface area contributed by atoms with Crippen LogP contribution in [0.15, 0.2) is 49.1 Å². The highest BCUT2D eigenvalue weighted by Crippen LogP contribution is 2.25. The molecular formula is C24H36N2O4. The Bertz CT molecular complexity index is 707. The molecule has 2 N–H and O–H groups in total. The summed E-state index contributed by atoms with van der Waals surface area (Å²) in [5.41, 5.74) is 1.86. The predicted molar refractivity (Wildman–Crippen MR) is 121 cm³/mol. The molecule has 0 saturated carbocycles. The van der Waals surface area contributed by atoms with Gasteiger partial charge in [-0.15, -0.1) is 6.58 Å². The summed E-state index contributed by atoms with van der Waals surface area (Å²) in [5, 5.41) is 5.64. The number of alkyl carbamates (subject to hydrolysis) is 1. The van der Waals surface area contributed by atoms with E-state index in [0.717, 1.165) is 12.8 Å². The van der Waals surface area contributed by atoms with Gasteiger partial charge in [0.05, 0.1) is 6.54 Å². The molecule has 6 nitrogen and oxygen atoms in total. The number of amides is 1. The van der Waals surface area contributed by atoms with Crippen molar-refractivity contribution in [1.29, 1.82) is 0 Å². The van der Waals surface area contributed by atoms with Crippen molar-refractivity contribution in [2.45, 2.75) is 52.1 Å². The first-order valence-corrected chi connectivity index (χ1v) is 10.4. The summed E-state index contributed by atoms with van der Waals surface area (Å²) in [6.45, 7) is 12.4. The zero-order valence-electron chi connectivity index (χ0n) is 18.7. The van der Waals surface area contributed by atoms with E-state index >= 15 is 0 Å². The summed E-state index contributed by atoms with van der Waals surface area (Å²) in [4.78, 5) is 23.7. The molecule has 1 atom stereocenters. The molecule has 0 bridgehead atoms. The molecule has 0 aliphatic carbocycles. The van der Waals surface area contributed by atoms with Crippen LogP contribution in [-0.4, -0.2) is 43.9 Å². The Morgan fingerprint density at radius 3 is 2.60 bits per heavy atom. The van der Waals surface area contributed by atoms with Crippen LogP contribution in [0.1, 0.15) is 51.2 Å². The number of hydrogen-bond acceptors (Lipinski definition) is 5. The van der Waals surface area contributed by atoms with E-state index in [9.17, 15) is 9.59 Å². The summed E-state index contributed by atoms with van der Waals surface area (Å²) >= 11 is 0. The second kappa shape index (κ2) is 13.6. The molecule has 1 unspecified atom stereocenters. The van der Waals surface area contributed by atoms with E-state index in [-0.39, 0.29) is 25.0 Å². The third kappa shape index (κ3) is 10.8. The number of nitrogens with one attached hydrogen (secondary N) is 2. The number of allylic oxidation sites excluding steroid dienone is 3. The smallest absolute Gasteiger partial charge is 0.407 e. The summed E-state index contributed by atoms with van der Waals surface area (Å²) in [6.07, 6.45) is 7.05. The van der Waals surface area contributed by atoms with Crippen molar-refractivity contribution < 1.29 is 19.1 Å². The van der Waals surface area contributed by atoms with Gasteiger partial charge in [-0.1, -0.05) is 42.5 Å². The average Bonchev–Trinajstić information content (AvgIpc) is 2.67. The standard InChI is InChI=1S/C24H36N2O4/c1-6-8-12-20(21-14-10-9-13-19(21)11-7-2)18-29-23(28)26-16-15-25-17-22(27)30-24(3,4)5/h6-10,13-14,20,25H,2,11-12,15-18H2,1,3-5H3,(H,26,28)/b8-6-. The van der Waals surface area contributed by atoms with Gasteiger partial charge in [0, 0.05) is 19.0 Å². The molecule has 0 spiro atoms. The second-order valence-corrected chi connectivity index (χ2v) is 7.98. The third-order valence-corrected chi connectivity index (χ3v) is 4.19. The van der Waals surface area contributed by atoms with E-state index in [0.29, 0.717) is 13.1 Å². The molecule has 0 aromatic heterocycles.